The molecule has 0 saturated heterocycles. The van der Waals surface area contributed by atoms with Gasteiger partial charge in [-0.2, -0.15) is 0 Å². The first-order valence-electron chi connectivity index (χ1n) is 10.1. The van der Waals surface area contributed by atoms with E-state index in [1.165, 1.54) is 12.1 Å². The van der Waals surface area contributed by atoms with Gasteiger partial charge in [-0.15, -0.1) is 0 Å². The number of carbonyl (C=O) groups excluding carboxylic acids is 1. The molecule has 0 aliphatic carbocycles. The Labute approximate surface area is 183 Å². The minimum atomic E-state index is -3.78. The molecule has 0 radical (unpaired) electrons. The number of anilines is 1. The minimum Gasteiger partial charge on any atom is -0.491 e. The first kappa shape index (κ1) is 22.5. The summed E-state index contributed by atoms with van der Waals surface area (Å²) in [6.45, 7) is 4.47. The summed E-state index contributed by atoms with van der Waals surface area (Å²) in [7, 11) is -3.78. The van der Waals surface area contributed by atoms with E-state index < -0.39 is 15.9 Å². The van der Waals surface area contributed by atoms with E-state index in [1.807, 2.05) is 43.3 Å². The Morgan fingerprint density at radius 2 is 1.68 bits per heavy atom. The molecule has 0 unspecified atom stereocenters. The van der Waals surface area contributed by atoms with Crippen molar-refractivity contribution >= 4 is 21.6 Å². The highest BCUT2D eigenvalue weighted by atomic mass is 32.2. The molecule has 0 atom stereocenters. The van der Waals surface area contributed by atoms with Crippen molar-refractivity contribution in [3.8, 4) is 5.75 Å². The van der Waals surface area contributed by atoms with Gasteiger partial charge >= 0.3 is 0 Å². The van der Waals surface area contributed by atoms with E-state index in [-0.39, 0.29) is 17.0 Å². The minimum absolute atomic E-state index is 0.0368. The monoisotopic (exact) mass is 438 g/mol. The number of benzene rings is 3. The number of ether oxygens (including phenoxy) is 1. The maximum atomic E-state index is 12.9. The van der Waals surface area contributed by atoms with Crippen molar-refractivity contribution in [2.24, 2.45) is 0 Å². The normalized spacial score (nSPS) is 11.2. The largest absolute Gasteiger partial charge is 0.491 e. The Kier molecular flexibility index (Phi) is 7.44. The van der Waals surface area contributed by atoms with Gasteiger partial charge in [0.05, 0.1) is 17.2 Å². The second kappa shape index (κ2) is 10.2. The predicted molar refractivity (Wildman–Crippen MR) is 122 cm³/mol. The van der Waals surface area contributed by atoms with Crippen LogP contribution in [-0.4, -0.2) is 20.9 Å². The molecule has 0 bridgehead atoms. The molecule has 31 heavy (non-hydrogen) atoms. The van der Waals surface area contributed by atoms with Crippen LogP contribution in [0.3, 0.4) is 0 Å². The van der Waals surface area contributed by atoms with Crippen LogP contribution in [0.1, 0.15) is 34.8 Å². The molecule has 2 N–H and O–H groups in total. The van der Waals surface area contributed by atoms with Crippen molar-refractivity contribution < 1.29 is 17.9 Å². The van der Waals surface area contributed by atoms with Crippen LogP contribution in [0.5, 0.6) is 5.75 Å². The van der Waals surface area contributed by atoms with Gasteiger partial charge in [-0.05, 0) is 48.7 Å². The third-order valence-electron chi connectivity index (χ3n) is 4.67. The summed E-state index contributed by atoms with van der Waals surface area (Å²) in [5.41, 5.74) is 2.34. The van der Waals surface area contributed by atoms with E-state index in [0.717, 1.165) is 12.0 Å². The van der Waals surface area contributed by atoms with Crippen LogP contribution >= 0.6 is 0 Å². The third kappa shape index (κ3) is 5.93. The first-order chi connectivity index (χ1) is 14.9. The Hall–Kier alpha value is -3.16. The SMILES string of the molecule is CCCOc1ccccc1NC(=O)c1cc(S(=O)(=O)NCc2ccccc2)ccc1C. The van der Waals surface area contributed by atoms with Crippen molar-refractivity contribution in [2.45, 2.75) is 31.7 Å². The van der Waals surface area contributed by atoms with Gasteiger partial charge in [-0.3, -0.25) is 4.79 Å². The van der Waals surface area contributed by atoms with Crippen LogP contribution in [0.15, 0.2) is 77.7 Å². The Bertz CT molecular complexity index is 1150. The van der Waals surface area contributed by atoms with Crippen LogP contribution in [0, 0.1) is 6.92 Å². The molecule has 0 aliphatic heterocycles. The lowest BCUT2D eigenvalue weighted by Crippen LogP contribution is -2.24. The molecule has 7 heteroatoms. The van der Waals surface area contributed by atoms with Crippen molar-refractivity contribution in [2.75, 3.05) is 11.9 Å². The van der Waals surface area contributed by atoms with E-state index in [2.05, 4.69) is 10.0 Å². The van der Waals surface area contributed by atoms with E-state index in [4.69, 9.17) is 4.74 Å². The lowest BCUT2D eigenvalue weighted by Gasteiger charge is -2.14. The fourth-order valence-corrected chi connectivity index (χ4v) is 4.01. The number of hydrogen-bond donors (Lipinski definition) is 2. The van der Waals surface area contributed by atoms with E-state index in [9.17, 15) is 13.2 Å². The average molecular weight is 439 g/mol. The Balaban J connectivity index is 1.80. The number of para-hydroxylation sites is 2. The van der Waals surface area contributed by atoms with E-state index in [1.54, 1.807) is 31.2 Å². The third-order valence-corrected chi connectivity index (χ3v) is 6.07. The van der Waals surface area contributed by atoms with Crippen LogP contribution in [-0.2, 0) is 16.6 Å². The number of carbonyl (C=O) groups is 1. The maximum Gasteiger partial charge on any atom is 0.256 e. The molecule has 3 aromatic carbocycles. The van der Waals surface area contributed by atoms with Crippen LogP contribution in [0.4, 0.5) is 5.69 Å². The van der Waals surface area contributed by atoms with Gasteiger partial charge in [0.25, 0.3) is 5.91 Å². The molecular formula is C24H26N2O4S. The highest BCUT2D eigenvalue weighted by Crippen LogP contribution is 2.25. The number of hydrogen-bond acceptors (Lipinski definition) is 4. The number of sulfonamides is 1. The van der Waals surface area contributed by atoms with Crippen molar-refractivity contribution in [1.29, 1.82) is 0 Å². The van der Waals surface area contributed by atoms with Crippen LogP contribution in [0.25, 0.3) is 0 Å². The Morgan fingerprint density at radius 1 is 0.968 bits per heavy atom. The summed E-state index contributed by atoms with van der Waals surface area (Å²) in [6, 6.07) is 20.9. The predicted octanol–water partition coefficient (Wildman–Crippen LogP) is 4.51. The highest BCUT2D eigenvalue weighted by molar-refractivity contribution is 7.89. The average Bonchev–Trinajstić information content (AvgIpc) is 2.78. The molecule has 0 spiro atoms. The standard InChI is InChI=1S/C24H26N2O4S/c1-3-15-30-23-12-8-7-11-22(23)26-24(27)21-16-20(14-13-18(21)2)31(28,29)25-17-19-9-5-4-6-10-19/h4-14,16,25H,3,15,17H2,1-2H3,(H,26,27). The molecule has 0 aromatic heterocycles. The topological polar surface area (TPSA) is 84.5 Å². The smallest absolute Gasteiger partial charge is 0.256 e. The molecule has 6 nitrogen and oxygen atoms in total. The molecule has 1 amide bonds. The maximum absolute atomic E-state index is 12.9. The number of aryl methyl sites for hydroxylation is 1. The van der Waals surface area contributed by atoms with E-state index >= 15 is 0 Å². The Morgan fingerprint density at radius 3 is 2.42 bits per heavy atom. The van der Waals surface area contributed by atoms with Gasteiger partial charge in [0.2, 0.25) is 10.0 Å². The van der Waals surface area contributed by atoms with Gasteiger partial charge in [0.1, 0.15) is 5.75 Å². The summed E-state index contributed by atoms with van der Waals surface area (Å²) in [6.07, 6.45) is 0.845. The summed E-state index contributed by atoms with van der Waals surface area (Å²) in [5.74, 6) is 0.175. The second-order valence-electron chi connectivity index (χ2n) is 7.09. The second-order valence-corrected chi connectivity index (χ2v) is 8.85. The van der Waals surface area contributed by atoms with E-state index in [0.29, 0.717) is 23.6 Å². The van der Waals surface area contributed by atoms with Gasteiger partial charge in [-0.1, -0.05) is 55.5 Å². The fourth-order valence-electron chi connectivity index (χ4n) is 2.97. The molecule has 0 aliphatic rings. The fraction of sp³-hybridized carbons (Fsp3) is 0.208. The summed E-state index contributed by atoms with van der Waals surface area (Å²) in [4.78, 5) is 13.0. The van der Waals surface area contributed by atoms with Crippen molar-refractivity contribution in [1.82, 2.24) is 4.72 Å². The van der Waals surface area contributed by atoms with Gasteiger partial charge in [0, 0.05) is 12.1 Å². The molecule has 0 heterocycles. The molecular weight excluding hydrogens is 412 g/mol. The molecule has 0 saturated carbocycles. The molecule has 3 aromatic rings. The summed E-state index contributed by atoms with van der Waals surface area (Å²) < 4.78 is 33.8. The zero-order valence-electron chi connectivity index (χ0n) is 17.6. The quantitative estimate of drug-likeness (QED) is 0.515. The number of nitrogens with one attached hydrogen (secondary N) is 2. The highest BCUT2D eigenvalue weighted by Gasteiger charge is 2.19. The zero-order valence-corrected chi connectivity index (χ0v) is 18.4. The summed E-state index contributed by atoms with van der Waals surface area (Å²) in [5, 5.41) is 2.83. The molecule has 0 fully saturated rings. The number of amides is 1. The van der Waals surface area contributed by atoms with Crippen LogP contribution < -0.4 is 14.8 Å². The van der Waals surface area contributed by atoms with Gasteiger partial charge < -0.3 is 10.1 Å². The lowest BCUT2D eigenvalue weighted by molar-refractivity contribution is 0.102. The van der Waals surface area contributed by atoms with Crippen LogP contribution in [0.2, 0.25) is 0 Å². The summed E-state index contributed by atoms with van der Waals surface area (Å²) >= 11 is 0. The van der Waals surface area contributed by atoms with Gasteiger partial charge in [0.15, 0.2) is 0 Å². The zero-order chi connectivity index (χ0) is 22.3. The molecule has 3 rings (SSSR count). The van der Waals surface area contributed by atoms with Gasteiger partial charge in [-0.25, -0.2) is 13.1 Å². The lowest BCUT2D eigenvalue weighted by atomic mass is 10.1. The first-order valence-corrected chi connectivity index (χ1v) is 11.6. The van der Waals surface area contributed by atoms with Crippen molar-refractivity contribution in [3.05, 3.63) is 89.5 Å². The van der Waals surface area contributed by atoms with Crippen molar-refractivity contribution in [3.63, 3.8) is 0 Å². The molecule has 162 valence electrons. The number of rotatable bonds is 9.